The Morgan fingerprint density at radius 3 is 2.48 bits per heavy atom. The number of aliphatic imine (C=N–C) groups is 1. The number of carbonyl (C=O) groups is 1. The van der Waals surface area contributed by atoms with E-state index in [9.17, 15) is 4.79 Å². The first kappa shape index (κ1) is 23.3. The fraction of sp³-hybridized carbons (Fsp3) is 0.529. The van der Waals surface area contributed by atoms with E-state index in [4.69, 9.17) is 9.47 Å². The molecule has 8 heteroatoms. The Bertz CT molecular complexity index is 540. The van der Waals surface area contributed by atoms with Crippen molar-refractivity contribution >= 4 is 35.8 Å². The minimum absolute atomic E-state index is 0. The van der Waals surface area contributed by atoms with E-state index in [0.717, 1.165) is 6.42 Å². The van der Waals surface area contributed by atoms with E-state index < -0.39 is 0 Å². The van der Waals surface area contributed by atoms with Gasteiger partial charge >= 0.3 is 0 Å². The predicted molar refractivity (Wildman–Crippen MR) is 111 cm³/mol. The van der Waals surface area contributed by atoms with Crippen LogP contribution in [0.3, 0.4) is 0 Å². The summed E-state index contributed by atoms with van der Waals surface area (Å²) in [6, 6.07) is 7.50. The molecule has 1 rings (SSSR count). The van der Waals surface area contributed by atoms with Crippen LogP contribution in [0.5, 0.6) is 11.5 Å². The van der Waals surface area contributed by atoms with Gasteiger partial charge in [-0.3, -0.25) is 9.79 Å². The van der Waals surface area contributed by atoms with Crippen LogP contribution in [0.4, 0.5) is 0 Å². The lowest BCUT2D eigenvalue weighted by atomic mass is 10.3. The first-order valence-electron chi connectivity index (χ1n) is 8.11. The molecule has 3 N–H and O–H groups in total. The molecule has 0 aliphatic carbocycles. The molecule has 0 saturated heterocycles. The van der Waals surface area contributed by atoms with Gasteiger partial charge in [-0.05, 0) is 25.5 Å². The number of benzene rings is 1. The van der Waals surface area contributed by atoms with Crippen molar-refractivity contribution in [2.45, 2.75) is 26.4 Å². The summed E-state index contributed by atoms with van der Waals surface area (Å²) < 4.78 is 11.1. The number of hydrogen-bond acceptors (Lipinski definition) is 4. The van der Waals surface area contributed by atoms with Crippen LogP contribution in [-0.2, 0) is 4.79 Å². The summed E-state index contributed by atoms with van der Waals surface area (Å²) in [5.74, 6) is 1.88. The van der Waals surface area contributed by atoms with E-state index in [2.05, 4.69) is 20.9 Å². The van der Waals surface area contributed by atoms with Crippen molar-refractivity contribution in [2.75, 3.05) is 33.8 Å². The third kappa shape index (κ3) is 9.37. The van der Waals surface area contributed by atoms with Gasteiger partial charge in [-0.2, -0.15) is 0 Å². The molecule has 0 aliphatic rings. The standard InChI is InChI=1S/C17H28N4O3.HI/c1-5-10-19-16(22)12-21-17(18-3)20-11-13(2)24-15-9-7-6-8-14(15)23-4;/h6-9,13H,5,10-12H2,1-4H3,(H,19,22)(H2,18,20,21);1H. The lowest BCUT2D eigenvalue weighted by Gasteiger charge is -2.19. The maximum Gasteiger partial charge on any atom is 0.239 e. The lowest BCUT2D eigenvalue weighted by Crippen LogP contribution is -2.45. The van der Waals surface area contributed by atoms with Gasteiger partial charge in [0.2, 0.25) is 5.91 Å². The minimum atomic E-state index is -0.103. The van der Waals surface area contributed by atoms with Crippen molar-refractivity contribution in [3.63, 3.8) is 0 Å². The highest BCUT2D eigenvalue weighted by atomic mass is 127. The van der Waals surface area contributed by atoms with Crippen LogP contribution in [0.1, 0.15) is 20.3 Å². The maximum atomic E-state index is 11.6. The molecule has 0 bridgehead atoms. The number of halogens is 1. The number of amides is 1. The lowest BCUT2D eigenvalue weighted by molar-refractivity contribution is -0.120. The van der Waals surface area contributed by atoms with Crippen molar-refractivity contribution in [2.24, 2.45) is 4.99 Å². The number of rotatable bonds is 9. The van der Waals surface area contributed by atoms with Crippen molar-refractivity contribution < 1.29 is 14.3 Å². The summed E-state index contributed by atoms with van der Waals surface area (Å²) in [4.78, 5) is 15.7. The van der Waals surface area contributed by atoms with Gasteiger partial charge in [-0.1, -0.05) is 19.1 Å². The Labute approximate surface area is 167 Å². The molecule has 1 unspecified atom stereocenters. The molecule has 0 aromatic heterocycles. The molecule has 0 fully saturated rings. The molecule has 1 atom stereocenters. The van der Waals surface area contributed by atoms with E-state index >= 15 is 0 Å². The Hall–Kier alpha value is -1.71. The molecular weight excluding hydrogens is 435 g/mol. The fourth-order valence-electron chi connectivity index (χ4n) is 1.93. The fourth-order valence-corrected chi connectivity index (χ4v) is 1.93. The van der Waals surface area contributed by atoms with Crippen LogP contribution in [-0.4, -0.2) is 51.8 Å². The number of carbonyl (C=O) groups excluding carboxylic acids is 1. The van der Waals surface area contributed by atoms with Crippen molar-refractivity contribution in [1.82, 2.24) is 16.0 Å². The summed E-state index contributed by atoms with van der Waals surface area (Å²) in [7, 11) is 3.27. The van der Waals surface area contributed by atoms with Crippen molar-refractivity contribution in [1.29, 1.82) is 0 Å². The predicted octanol–water partition coefficient (Wildman–Crippen LogP) is 1.77. The van der Waals surface area contributed by atoms with Crippen molar-refractivity contribution in [3.8, 4) is 11.5 Å². The molecule has 0 spiro atoms. The van der Waals surface area contributed by atoms with Gasteiger partial charge in [0, 0.05) is 13.6 Å². The highest BCUT2D eigenvalue weighted by Gasteiger charge is 2.09. The van der Waals surface area contributed by atoms with Crippen LogP contribution in [0.25, 0.3) is 0 Å². The molecule has 1 aromatic carbocycles. The van der Waals surface area contributed by atoms with Gasteiger partial charge in [0.1, 0.15) is 6.10 Å². The van der Waals surface area contributed by atoms with Gasteiger partial charge in [0.25, 0.3) is 0 Å². The van der Waals surface area contributed by atoms with Crippen LogP contribution in [0.2, 0.25) is 0 Å². The van der Waals surface area contributed by atoms with E-state index in [1.165, 1.54) is 0 Å². The maximum absolute atomic E-state index is 11.6. The van der Waals surface area contributed by atoms with Crippen LogP contribution >= 0.6 is 24.0 Å². The molecule has 1 amide bonds. The molecule has 0 radical (unpaired) electrons. The molecule has 142 valence electrons. The molecule has 0 heterocycles. The summed E-state index contributed by atoms with van der Waals surface area (Å²) in [6.45, 7) is 5.35. The minimum Gasteiger partial charge on any atom is -0.493 e. The third-order valence-corrected chi connectivity index (χ3v) is 3.17. The zero-order valence-corrected chi connectivity index (χ0v) is 17.6. The number of nitrogens with zero attached hydrogens (tertiary/aromatic N) is 1. The number of hydrogen-bond donors (Lipinski definition) is 3. The second kappa shape index (κ2) is 13.6. The topological polar surface area (TPSA) is 84.0 Å². The largest absolute Gasteiger partial charge is 0.493 e. The van der Waals surface area contributed by atoms with E-state index in [0.29, 0.717) is 30.5 Å². The second-order valence-corrected chi connectivity index (χ2v) is 5.24. The Kier molecular flexibility index (Phi) is 12.6. The molecule has 0 saturated carbocycles. The second-order valence-electron chi connectivity index (χ2n) is 5.24. The Morgan fingerprint density at radius 1 is 1.20 bits per heavy atom. The average molecular weight is 464 g/mol. The normalized spacial score (nSPS) is 11.8. The SMILES string of the molecule is CCCNC(=O)CNC(=NC)NCC(C)Oc1ccccc1OC.I. The summed E-state index contributed by atoms with van der Waals surface area (Å²) in [5.41, 5.74) is 0. The smallest absolute Gasteiger partial charge is 0.239 e. The Morgan fingerprint density at radius 2 is 1.88 bits per heavy atom. The number of para-hydroxylation sites is 2. The number of ether oxygens (including phenoxy) is 2. The Balaban J connectivity index is 0.00000576. The third-order valence-electron chi connectivity index (χ3n) is 3.17. The van der Waals surface area contributed by atoms with Gasteiger partial charge < -0.3 is 25.4 Å². The van der Waals surface area contributed by atoms with Crippen LogP contribution in [0, 0.1) is 0 Å². The molecular formula is C17H29IN4O3. The van der Waals surface area contributed by atoms with E-state index in [1.54, 1.807) is 14.2 Å². The van der Waals surface area contributed by atoms with Gasteiger partial charge in [0.05, 0.1) is 20.2 Å². The van der Waals surface area contributed by atoms with E-state index in [1.807, 2.05) is 38.1 Å². The van der Waals surface area contributed by atoms with E-state index in [-0.39, 0.29) is 42.5 Å². The van der Waals surface area contributed by atoms with Gasteiger partial charge in [-0.15, -0.1) is 24.0 Å². The zero-order valence-electron chi connectivity index (χ0n) is 15.3. The molecule has 1 aromatic rings. The summed E-state index contributed by atoms with van der Waals surface area (Å²) in [6.07, 6.45) is 0.810. The first-order chi connectivity index (χ1) is 11.6. The summed E-state index contributed by atoms with van der Waals surface area (Å²) in [5, 5.41) is 8.90. The average Bonchev–Trinajstić information content (AvgIpc) is 2.60. The number of methoxy groups -OCH3 is 1. The monoisotopic (exact) mass is 464 g/mol. The summed E-state index contributed by atoms with van der Waals surface area (Å²) >= 11 is 0. The zero-order chi connectivity index (χ0) is 17.8. The first-order valence-corrected chi connectivity index (χ1v) is 8.11. The quantitative estimate of drug-likeness (QED) is 0.295. The van der Waals surface area contributed by atoms with Gasteiger partial charge in [0.15, 0.2) is 17.5 Å². The van der Waals surface area contributed by atoms with Crippen LogP contribution in [0.15, 0.2) is 29.3 Å². The number of guanidine groups is 1. The van der Waals surface area contributed by atoms with Gasteiger partial charge in [-0.25, -0.2) is 0 Å². The van der Waals surface area contributed by atoms with Crippen molar-refractivity contribution in [3.05, 3.63) is 24.3 Å². The number of nitrogens with one attached hydrogen (secondary N) is 3. The molecule has 25 heavy (non-hydrogen) atoms. The van der Waals surface area contributed by atoms with Crippen LogP contribution < -0.4 is 25.4 Å². The highest BCUT2D eigenvalue weighted by Crippen LogP contribution is 2.26. The highest BCUT2D eigenvalue weighted by molar-refractivity contribution is 14.0. The molecule has 7 nitrogen and oxygen atoms in total. The molecule has 0 aliphatic heterocycles.